The maximum atomic E-state index is 13.4. The number of piperidine rings is 1. The number of fused-ring (bicyclic) bond motifs is 1. The Balaban J connectivity index is 1.45. The van der Waals surface area contributed by atoms with E-state index in [4.69, 9.17) is 9.26 Å². The van der Waals surface area contributed by atoms with Crippen LogP contribution >= 0.6 is 31.9 Å². The quantitative estimate of drug-likeness (QED) is 0.318. The summed E-state index contributed by atoms with van der Waals surface area (Å²) in [5.74, 6) is 0.657. The van der Waals surface area contributed by atoms with Crippen molar-refractivity contribution in [3.05, 3.63) is 56.4 Å². The first-order valence-corrected chi connectivity index (χ1v) is 11.9. The average Bonchev–Trinajstić information content (AvgIpc) is 3.16. The average molecular weight is 554 g/mol. The molecule has 164 valence electrons. The van der Waals surface area contributed by atoms with Gasteiger partial charge in [-0.15, -0.1) is 0 Å². The summed E-state index contributed by atoms with van der Waals surface area (Å²) < 4.78 is 26.6. The molecule has 1 aliphatic rings. The molecule has 0 spiro atoms. The van der Waals surface area contributed by atoms with Crippen molar-refractivity contribution in [2.24, 2.45) is 0 Å². The predicted molar refractivity (Wildman–Crippen MR) is 124 cm³/mol. The lowest BCUT2D eigenvalue weighted by Crippen LogP contribution is -2.44. The minimum Gasteiger partial charge on any atom is -0.473 e. The van der Waals surface area contributed by atoms with Crippen LogP contribution < -0.4 is 4.74 Å². The second kappa shape index (κ2) is 9.38. The van der Waals surface area contributed by atoms with Gasteiger partial charge in [0, 0.05) is 36.0 Å². The van der Waals surface area contributed by atoms with E-state index in [2.05, 4.69) is 48.8 Å². The Morgan fingerprint density at radius 1 is 1.26 bits per heavy atom. The third-order valence-electron chi connectivity index (χ3n) is 5.79. The maximum Gasteiger partial charge on any atom is 0.170 e. The van der Waals surface area contributed by atoms with Gasteiger partial charge in [0.2, 0.25) is 0 Å². The summed E-state index contributed by atoms with van der Waals surface area (Å²) in [5.41, 5.74) is 2.03. The standard InChI is InChI=1S/C23H23Br2FN2O3/c1-3-21(30-23-18(24)10-15(13(2)29)11-19(23)25)28-8-6-14(7-9-28)22-17-5-4-16(26)12-20(17)31-27-22/h4-5,10-12,14,21H,3,6-9H2,1-2H3. The molecule has 0 bridgehead atoms. The number of nitrogens with zero attached hydrogens (tertiary/aromatic N) is 2. The highest BCUT2D eigenvalue weighted by molar-refractivity contribution is 9.11. The number of carbonyl (C=O) groups is 1. The van der Waals surface area contributed by atoms with Crippen LogP contribution in [-0.2, 0) is 0 Å². The van der Waals surface area contributed by atoms with Crippen LogP contribution in [0.15, 0.2) is 43.8 Å². The first-order valence-electron chi connectivity index (χ1n) is 10.3. The summed E-state index contributed by atoms with van der Waals surface area (Å²) in [6.45, 7) is 5.36. The molecular formula is C23H23Br2FN2O3. The number of ether oxygens (including phenoxy) is 1. The largest absolute Gasteiger partial charge is 0.473 e. The molecule has 1 unspecified atom stereocenters. The number of halogens is 3. The van der Waals surface area contributed by atoms with E-state index in [0.717, 1.165) is 52.4 Å². The van der Waals surface area contributed by atoms with Crippen LogP contribution in [0.3, 0.4) is 0 Å². The van der Waals surface area contributed by atoms with Crippen LogP contribution in [0.25, 0.3) is 11.0 Å². The Morgan fingerprint density at radius 2 is 1.94 bits per heavy atom. The number of rotatable bonds is 6. The molecule has 2 aromatic carbocycles. The molecule has 0 saturated carbocycles. The zero-order valence-electron chi connectivity index (χ0n) is 17.3. The topological polar surface area (TPSA) is 55.6 Å². The Labute approximate surface area is 197 Å². The number of carbonyl (C=O) groups excluding carboxylic acids is 1. The third-order valence-corrected chi connectivity index (χ3v) is 6.97. The lowest BCUT2D eigenvalue weighted by molar-refractivity contribution is 0.00485. The number of Topliss-reactive ketones (excluding diaryl/α,β-unsaturated/α-hetero) is 1. The summed E-state index contributed by atoms with van der Waals surface area (Å²) in [5, 5.41) is 5.12. The van der Waals surface area contributed by atoms with Gasteiger partial charge in [0.15, 0.2) is 17.6 Å². The smallest absolute Gasteiger partial charge is 0.170 e. The van der Waals surface area contributed by atoms with Gasteiger partial charge in [-0.3, -0.25) is 9.69 Å². The van der Waals surface area contributed by atoms with Crippen molar-refractivity contribution in [1.82, 2.24) is 10.1 Å². The second-order valence-corrected chi connectivity index (χ2v) is 9.53. The van der Waals surface area contributed by atoms with E-state index >= 15 is 0 Å². The van der Waals surface area contributed by atoms with E-state index in [1.54, 1.807) is 25.1 Å². The van der Waals surface area contributed by atoms with Gasteiger partial charge in [0.05, 0.1) is 14.6 Å². The molecule has 5 nitrogen and oxygen atoms in total. The van der Waals surface area contributed by atoms with Gasteiger partial charge in [-0.1, -0.05) is 12.1 Å². The van der Waals surface area contributed by atoms with Crippen molar-refractivity contribution in [2.45, 2.75) is 45.3 Å². The Bertz CT molecular complexity index is 1090. The van der Waals surface area contributed by atoms with E-state index in [1.165, 1.54) is 12.1 Å². The van der Waals surface area contributed by atoms with E-state index in [9.17, 15) is 9.18 Å². The molecule has 1 aliphatic heterocycles. The van der Waals surface area contributed by atoms with Crippen molar-refractivity contribution in [1.29, 1.82) is 0 Å². The monoisotopic (exact) mass is 552 g/mol. The molecule has 8 heteroatoms. The van der Waals surface area contributed by atoms with Crippen LogP contribution in [0, 0.1) is 5.82 Å². The predicted octanol–water partition coefficient (Wildman–Crippen LogP) is 6.69. The maximum absolute atomic E-state index is 13.4. The molecule has 0 aliphatic carbocycles. The van der Waals surface area contributed by atoms with Crippen LogP contribution in [0.4, 0.5) is 4.39 Å². The summed E-state index contributed by atoms with van der Waals surface area (Å²) in [7, 11) is 0. The number of hydrogen-bond acceptors (Lipinski definition) is 5. The highest BCUT2D eigenvalue weighted by Gasteiger charge is 2.29. The Morgan fingerprint density at radius 3 is 2.55 bits per heavy atom. The first-order chi connectivity index (χ1) is 14.9. The van der Waals surface area contributed by atoms with Gasteiger partial charge < -0.3 is 9.26 Å². The summed E-state index contributed by atoms with van der Waals surface area (Å²) in [6, 6.07) is 8.17. The number of hydrogen-bond donors (Lipinski definition) is 0. The van der Waals surface area contributed by atoms with Crippen LogP contribution in [-0.4, -0.2) is 35.2 Å². The molecule has 4 rings (SSSR count). The molecule has 0 amide bonds. The van der Waals surface area contributed by atoms with E-state index in [0.29, 0.717) is 16.9 Å². The van der Waals surface area contributed by atoms with E-state index in [-0.39, 0.29) is 23.7 Å². The summed E-state index contributed by atoms with van der Waals surface area (Å²) in [4.78, 5) is 14.0. The normalized spacial score (nSPS) is 16.5. The number of benzene rings is 2. The molecule has 0 radical (unpaired) electrons. The second-order valence-electron chi connectivity index (χ2n) is 7.82. The SMILES string of the molecule is CCC(Oc1c(Br)cc(C(C)=O)cc1Br)N1CCC(c2noc3cc(F)ccc23)CC1. The molecule has 1 aromatic heterocycles. The Hall–Kier alpha value is -1.77. The number of likely N-dealkylation sites (tertiary alicyclic amines) is 1. The van der Waals surface area contributed by atoms with E-state index in [1.807, 2.05) is 0 Å². The molecule has 31 heavy (non-hydrogen) atoms. The zero-order valence-corrected chi connectivity index (χ0v) is 20.5. The van der Waals surface area contributed by atoms with Crippen LogP contribution in [0.5, 0.6) is 5.75 Å². The van der Waals surface area contributed by atoms with Crippen LogP contribution in [0.2, 0.25) is 0 Å². The number of ketones is 1. The molecule has 1 atom stereocenters. The van der Waals surface area contributed by atoms with Crippen molar-refractivity contribution in [3.8, 4) is 5.75 Å². The van der Waals surface area contributed by atoms with Crippen molar-refractivity contribution < 1.29 is 18.4 Å². The highest BCUT2D eigenvalue weighted by Crippen LogP contribution is 2.38. The molecule has 0 N–H and O–H groups in total. The molecular weight excluding hydrogens is 531 g/mol. The number of aromatic nitrogens is 1. The van der Waals surface area contributed by atoms with Crippen molar-refractivity contribution in [3.63, 3.8) is 0 Å². The fourth-order valence-electron chi connectivity index (χ4n) is 4.11. The zero-order chi connectivity index (χ0) is 22.1. The van der Waals surface area contributed by atoms with Gasteiger partial charge in [0.1, 0.15) is 11.6 Å². The first kappa shape index (κ1) is 22.4. The lowest BCUT2D eigenvalue weighted by Gasteiger charge is -2.37. The van der Waals surface area contributed by atoms with Crippen molar-refractivity contribution in [2.75, 3.05) is 13.1 Å². The minimum atomic E-state index is -0.318. The lowest BCUT2D eigenvalue weighted by atomic mass is 9.91. The summed E-state index contributed by atoms with van der Waals surface area (Å²) in [6.07, 6.45) is 2.58. The molecule has 1 saturated heterocycles. The van der Waals surface area contributed by atoms with Gasteiger partial charge in [0.25, 0.3) is 0 Å². The molecule has 1 fully saturated rings. The van der Waals surface area contributed by atoms with Gasteiger partial charge in [-0.25, -0.2) is 4.39 Å². The summed E-state index contributed by atoms with van der Waals surface area (Å²) >= 11 is 7.08. The Kier molecular flexibility index (Phi) is 6.79. The van der Waals surface area contributed by atoms with Gasteiger partial charge in [-0.05, 0) is 82.3 Å². The fraction of sp³-hybridized carbons (Fsp3) is 0.391. The fourth-order valence-corrected chi connectivity index (χ4v) is 5.49. The van der Waals surface area contributed by atoms with Gasteiger partial charge in [-0.2, -0.15) is 0 Å². The molecule has 3 aromatic rings. The van der Waals surface area contributed by atoms with Crippen molar-refractivity contribution >= 4 is 48.6 Å². The minimum absolute atomic E-state index is 0.00480. The molecule has 2 heterocycles. The van der Waals surface area contributed by atoms with Gasteiger partial charge >= 0.3 is 0 Å². The highest BCUT2D eigenvalue weighted by atomic mass is 79.9. The van der Waals surface area contributed by atoms with E-state index < -0.39 is 0 Å². The van der Waals surface area contributed by atoms with Crippen LogP contribution in [0.1, 0.15) is 55.1 Å². The third kappa shape index (κ3) is 4.71.